The topological polar surface area (TPSA) is 67.8 Å². The predicted molar refractivity (Wildman–Crippen MR) is 109 cm³/mol. The maximum atomic E-state index is 12.5. The normalized spacial score (nSPS) is 14.2. The summed E-state index contributed by atoms with van der Waals surface area (Å²) in [5.41, 5.74) is 0.870. The molecule has 1 fully saturated rings. The zero-order valence-electron chi connectivity index (χ0n) is 16.0. The predicted octanol–water partition coefficient (Wildman–Crippen LogP) is 2.41. The highest BCUT2D eigenvalue weighted by molar-refractivity contribution is 5.92. The van der Waals surface area contributed by atoms with E-state index >= 15 is 0 Å². The van der Waals surface area contributed by atoms with Crippen molar-refractivity contribution < 1.29 is 14.3 Å². The third-order valence-electron chi connectivity index (χ3n) is 4.43. The average molecular weight is 380 g/mol. The summed E-state index contributed by atoms with van der Waals surface area (Å²) in [6.07, 6.45) is 10.1. The Bertz CT molecular complexity index is 831. The summed E-state index contributed by atoms with van der Waals surface area (Å²) in [5, 5.41) is 0. The maximum Gasteiger partial charge on any atom is 0.246 e. The Labute approximate surface area is 164 Å². The molecule has 7 nitrogen and oxygen atoms in total. The number of nitrogens with zero attached hydrogens (tertiary/aromatic N) is 4. The van der Waals surface area contributed by atoms with Crippen LogP contribution in [0.25, 0.3) is 6.08 Å². The number of rotatable bonds is 7. The third kappa shape index (κ3) is 4.88. The Hall–Kier alpha value is -3.35. The molecule has 1 aliphatic heterocycles. The summed E-state index contributed by atoms with van der Waals surface area (Å²) in [5.74, 6) is 2.10. The highest BCUT2D eigenvalue weighted by atomic mass is 16.5. The molecule has 2 heterocycles. The second kappa shape index (κ2) is 9.55. The number of hydrogen-bond donors (Lipinski definition) is 0. The van der Waals surface area contributed by atoms with Crippen LogP contribution in [0, 0.1) is 0 Å². The number of piperazine rings is 1. The van der Waals surface area contributed by atoms with Crippen molar-refractivity contribution in [3.63, 3.8) is 0 Å². The molecule has 0 atom stereocenters. The van der Waals surface area contributed by atoms with E-state index in [0.29, 0.717) is 31.2 Å². The van der Waals surface area contributed by atoms with Gasteiger partial charge in [-0.25, -0.2) is 4.98 Å². The van der Waals surface area contributed by atoms with Gasteiger partial charge in [0.1, 0.15) is 12.4 Å². The van der Waals surface area contributed by atoms with Crippen LogP contribution in [0.1, 0.15) is 5.56 Å². The number of anilines is 1. The lowest BCUT2D eigenvalue weighted by Crippen LogP contribution is -2.48. The molecular weight excluding hydrogens is 356 g/mol. The molecule has 1 aromatic heterocycles. The standard InChI is InChI=1S/C21H24N4O3/c1-3-14-28-18-6-4-17(15-19(18)27-2)5-7-21(26)25-12-10-24(11-13-25)20-16-22-8-9-23-20/h3-9,15-16H,1,10-14H2,2H3. The fourth-order valence-electron chi connectivity index (χ4n) is 2.94. The molecule has 0 aliphatic carbocycles. The molecular formula is C21H24N4O3. The summed E-state index contributed by atoms with van der Waals surface area (Å²) in [6.45, 7) is 6.82. The second-order valence-corrected chi connectivity index (χ2v) is 6.22. The minimum absolute atomic E-state index is 0.00949. The van der Waals surface area contributed by atoms with E-state index in [0.717, 1.165) is 24.5 Å². The quantitative estimate of drug-likeness (QED) is 0.543. The zero-order valence-corrected chi connectivity index (χ0v) is 16.0. The first kappa shape index (κ1) is 19.4. The molecule has 1 amide bonds. The fourth-order valence-corrected chi connectivity index (χ4v) is 2.94. The van der Waals surface area contributed by atoms with E-state index in [1.54, 1.807) is 43.9 Å². The van der Waals surface area contributed by atoms with Gasteiger partial charge in [0.2, 0.25) is 5.91 Å². The van der Waals surface area contributed by atoms with Gasteiger partial charge in [-0.05, 0) is 23.8 Å². The molecule has 0 N–H and O–H groups in total. The summed E-state index contributed by atoms with van der Waals surface area (Å²) in [6, 6.07) is 5.55. The van der Waals surface area contributed by atoms with Crippen molar-refractivity contribution in [3.05, 3.63) is 61.1 Å². The zero-order chi connectivity index (χ0) is 19.8. The van der Waals surface area contributed by atoms with Crippen molar-refractivity contribution >= 4 is 17.8 Å². The van der Waals surface area contributed by atoms with Crippen LogP contribution in [-0.2, 0) is 4.79 Å². The minimum Gasteiger partial charge on any atom is -0.493 e. The number of methoxy groups -OCH3 is 1. The largest absolute Gasteiger partial charge is 0.493 e. The first-order valence-corrected chi connectivity index (χ1v) is 9.11. The third-order valence-corrected chi connectivity index (χ3v) is 4.43. The molecule has 0 bridgehead atoms. The molecule has 2 aromatic rings. The summed E-state index contributed by atoms with van der Waals surface area (Å²) in [4.78, 5) is 24.9. The van der Waals surface area contributed by atoms with Gasteiger partial charge in [-0.1, -0.05) is 18.7 Å². The Morgan fingerprint density at radius 1 is 1.21 bits per heavy atom. The van der Waals surface area contributed by atoms with Crippen LogP contribution in [0.5, 0.6) is 11.5 Å². The van der Waals surface area contributed by atoms with Gasteiger partial charge in [0.25, 0.3) is 0 Å². The molecule has 3 rings (SSSR count). The van der Waals surface area contributed by atoms with Gasteiger partial charge in [-0.2, -0.15) is 0 Å². The van der Waals surface area contributed by atoms with Crippen LogP contribution in [0.4, 0.5) is 5.82 Å². The van der Waals surface area contributed by atoms with E-state index in [1.165, 1.54) is 0 Å². The van der Waals surface area contributed by atoms with Crippen molar-refractivity contribution in [3.8, 4) is 11.5 Å². The van der Waals surface area contributed by atoms with Gasteiger partial charge >= 0.3 is 0 Å². The van der Waals surface area contributed by atoms with Gasteiger partial charge in [-0.3, -0.25) is 9.78 Å². The lowest BCUT2D eigenvalue weighted by atomic mass is 10.2. The van der Waals surface area contributed by atoms with Gasteiger partial charge in [0, 0.05) is 44.6 Å². The van der Waals surface area contributed by atoms with Gasteiger partial charge in [-0.15, -0.1) is 0 Å². The molecule has 28 heavy (non-hydrogen) atoms. The van der Waals surface area contributed by atoms with Crippen molar-refractivity contribution in [2.45, 2.75) is 0 Å². The highest BCUT2D eigenvalue weighted by Crippen LogP contribution is 2.28. The summed E-state index contributed by atoms with van der Waals surface area (Å²) in [7, 11) is 1.59. The Morgan fingerprint density at radius 2 is 2.04 bits per heavy atom. The number of carbonyl (C=O) groups excluding carboxylic acids is 1. The smallest absolute Gasteiger partial charge is 0.246 e. The molecule has 0 radical (unpaired) electrons. The number of carbonyl (C=O) groups is 1. The monoisotopic (exact) mass is 380 g/mol. The molecule has 0 saturated carbocycles. The Kier molecular flexibility index (Phi) is 6.62. The van der Waals surface area contributed by atoms with Crippen LogP contribution in [-0.4, -0.2) is 60.7 Å². The molecule has 7 heteroatoms. The van der Waals surface area contributed by atoms with Crippen molar-refractivity contribution in [2.24, 2.45) is 0 Å². The number of ether oxygens (including phenoxy) is 2. The van der Waals surface area contributed by atoms with Crippen molar-refractivity contribution in [1.82, 2.24) is 14.9 Å². The summed E-state index contributed by atoms with van der Waals surface area (Å²) < 4.78 is 10.9. The van der Waals surface area contributed by atoms with E-state index in [1.807, 2.05) is 23.1 Å². The van der Waals surface area contributed by atoms with Gasteiger partial charge < -0.3 is 19.3 Å². The molecule has 146 valence electrons. The van der Waals surface area contributed by atoms with E-state index < -0.39 is 0 Å². The van der Waals surface area contributed by atoms with E-state index in [4.69, 9.17) is 9.47 Å². The number of benzene rings is 1. The van der Waals surface area contributed by atoms with Gasteiger partial charge in [0.05, 0.1) is 13.3 Å². The molecule has 1 saturated heterocycles. The second-order valence-electron chi connectivity index (χ2n) is 6.22. The molecule has 0 spiro atoms. The van der Waals surface area contributed by atoms with Crippen LogP contribution < -0.4 is 14.4 Å². The Morgan fingerprint density at radius 3 is 2.71 bits per heavy atom. The van der Waals surface area contributed by atoms with Crippen LogP contribution >= 0.6 is 0 Å². The van der Waals surface area contributed by atoms with Crippen molar-refractivity contribution in [2.75, 3.05) is 44.8 Å². The van der Waals surface area contributed by atoms with Crippen LogP contribution in [0.2, 0.25) is 0 Å². The number of hydrogen-bond acceptors (Lipinski definition) is 6. The van der Waals surface area contributed by atoms with Crippen molar-refractivity contribution in [1.29, 1.82) is 0 Å². The van der Waals surface area contributed by atoms with E-state index in [2.05, 4.69) is 21.4 Å². The van der Waals surface area contributed by atoms with E-state index in [9.17, 15) is 4.79 Å². The lowest BCUT2D eigenvalue weighted by Gasteiger charge is -2.34. The maximum absolute atomic E-state index is 12.5. The SMILES string of the molecule is C=CCOc1ccc(C=CC(=O)N2CCN(c3cnccn3)CC2)cc1OC. The van der Waals surface area contributed by atoms with E-state index in [-0.39, 0.29) is 5.91 Å². The first-order valence-electron chi connectivity index (χ1n) is 9.11. The molecule has 1 aromatic carbocycles. The van der Waals surface area contributed by atoms with Gasteiger partial charge in [0.15, 0.2) is 11.5 Å². The fraction of sp³-hybridized carbons (Fsp3) is 0.286. The number of amides is 1. The lowest BCUT2D eigenvalue weighted by molar-refractivity contribution is -0.126. The first-order chi connectivity index (χ1) is 13.7. The van der Waals surface area contributed by atoms with Crippen LogP contribution in [0.3, 0.4) is 0 Å². The Balaban J connectivity index is 1.57. The number of aromatic nitrogens is 2. The van der Waals surface area contributed by atoms with Crippen LogP contribution in [0.15, 0.2) is 55.5 Å². The minimum atomic E-state index is -0.00949. The summed E-state index contributed by atoms with van der Waals surface area (Å²) >= 11 is 0. The highest BCUT2D eigenvalue weighted by Gasteiger charge is 2.20. The molecule has 0 unspecified atom stereocenters. The average Bonchev–Trinajstić information content (AvgIpc) is 2.77. The molecule has 1 aliphatic rings.